The van der Waals surface area contributed by atoms with Crippen molar-refractivity contribution in [3.63, 3.8) is 0 Å². The maximum atomic E-state index is 13.0. The molecule has 3 nitrogen and oxygen atoms in total. The molecule has 1 heterocycles. The second kappa shape index (κ2) is 6.42. The molecule has 3 rings (SSSR count). The van der Waals surface area contributed by atoms with Gasteiger partial charge >= 0.3 is 0 Å². The smallest absolute Gasteiger partial charge is 0.258 e. The fraction of sp³-hybridized carbons (Fsp3) is 0.278. The summed E-state index contributed by atoms with van der Waals surface area (Å²) in [5.41, 5.74) is 2.36. The van der Waals surface area contributed by atoms with E-state index in [1.165, 1.54) is 0 Å². The fourth-order valence-electron chi connectivity index (χ4n) is 2.87. The van der Waals surface area contributed by atoms with Crippen molar-refractivity contribution in [1.29, 1.82) is 0 Å². The number of hydrogen-bond acceptors (Lipinski definition) is 2. The van der Waals surface area contributed by atoms with Gasteiger partial charge in [-0.05, 0) is 37.6 Å². The predicted molar refractivity (Wildman–Crippen MR) is 95.2 cm³/mol. The summed E-state index contributed by atoms with van der Waals surface area (Å²) in [4.78, 5) is 14.9. The van der Waals surface area contributed by atoms with Gasteiger partial charge < -0.3 is 10.2 Å². The van der Waals surface area contributed by atoms with Crippen molar-refractivity contribution in [2.24, 2.45) is 0 Å². The highest BCUT2D eigenvalue weighted by Crippen LogP contribution is 2.38. The Balaban J connectivity index is 2.11. The second-order valence-corrected chi connectivity index (χ2v) is 6.57. The van der Waals surface area contributed by atoms with Gasteiger partial charge in [-0.1, -0.05) is 48.3 Å². The van der Waals surface area contributed by atoms with Crippen LogP contribution in [0.3, 0.4) is 0 Å². The van der Waals surface area contributed by atoms with Crippen molar-refractivity contribution in [3.8, 4) is 0 Å². The van der Waals surface area contributed by atoms with Gasteiger partial charge in [0, 0.05) is 27.3 Å². The zero-order valence-electron chi connectivity index (χ0n) is 13.0. The maximum absolute atomic E-state index is 13.0. The molecule has 2 aromatic rings. The minimum atomic E-state index is -0.308. The third-order valence-electron chi connectivity index (χ3n) is 4.29. The Kier molecular flexibility index (Phi) is 4.51. The lowest BCUT2D eigenvalue weighted by molar-refractivity contribution is 0.0594. The van der Waals surface area contributed by atoms with Gasteiger partial charge in [0.2, 0.25) is 0 Å². The van der Waals surface area contributed by atoms with Gasteiger partial charge in [0.1, 0.15) is 6.17 Å². The fourth-order valence-corrected chi connectivity index (χ4v) is 3.38. The minimum absolute atomic E-state index is 0.0183. The van der Waals surface area contributed by atoms with E-state index >= 15 is 0 Å². The zero-order valence-corrected chi connectivity index (χ0v) is 14.5. The molecule has 0 aliphatic carbocycles. The minimum Gasteiger partial charge on any atom is -0.361 e. The van der Waals surface area contributed by atoms with Crippen molar-refractivity contribution in [2.45, 2.75) is 32.5 Å². The van der Waals surface area contributed by atoms with Crippen LogP contribution in [0.25, 0.3) is 0 Å². The van der Waals surface area contributed by atoms with Crippen LogP contribution in [-0.2, 0) is 0 Å². The topological polar surface area (TPSA) is 32.3 Å². The Morgan fingerprint density at radius 1 is 1.22 bits per heavy atom. The number of hydrogen-bond donors (Lipinski definition) is 1. The first-order valence-electron chi connectivity index (χ1n) is 7.66. The average molecular weight is 349 g/mol. The van der Waals surface area contributed by atoms with Crippen LogP contribution < -0.4 is 5.32 Å². The van der Waals surface area contributed by atoms with E-state index in [9.17, 15) is 4.79 Å². The number of anilines is 1. The van der Waals surface area contributed by atoms with Gasteiger partial charge in [0.05, 0.1) is 5.56 Å². The molecule has 1 aliphatic rings. The van der Waals surface area contributed by atoms with Crippen LogP contribution in [-0.4, -0.2) is 16.8 Å². The Morgan fingerprint density at radius 3 is 2.65 bits per heavy atom. The van der Waals surface area contributed by atoms with Crippen LogP contribution in [0.15, 0.2) is 42.5 Å². The molecule has 23 heavy (non-hydrogen) atoms. The van der Waals surface area contributed by atoms with E-state index in [1.807, 2.05) is 42.2 Å². The number of para-hydroxylation sites is 1. The Bertz CT molecular complexity index is 748. The SMILES string of the molecule is CCC(C)N1C(=O)c2ccccc2NC1c1ccc(Cl)cc1Cl. The number of benzene rings is 2. The highest BCUT2D eigenvalue weighted by Gasteiger charge is 2.36. The van der Waals surface area contributed by atoms with Crippen LogP contribution in [0.1, 0.15) is 42.4 Å². The number of fused-ring (bicyclic) bond motifs is 1. The lowest BCUT2D eigenvalue weighted by atomic mass is 10.0. The van der Waals surface area contributed by atoms with E-state index < -0.39 is 0 Å². The molecule has 5 heteroatoms. The maximum Gasteiger partial charge on any atom is 0.258 e. The van der Waals surface area contributed by atoms with E-state index in [2.05, 4.69) is 12.2 Å². The zero-order chi connectivity index (χ0) is 16.6. The number of nitrogens with zero attached hydrogens (tertiary/aromatic N) is 1. The van der Waals surface area contributed by atoms with Gasteiger partial charge in [0.15, 0.2) is 0 Å². The molecule has 0 aromatic heterocycles. The summed E-state index contributed by atoms with van der Waals surface area (Å²) in [5, 5.41) is 4.58. The largest absolute Gasteiger partial charge is 0.361 e. The van der Waals surface area contributed by atoms with E-state index in [-0.39, 0.29) is 18.1 Å². The van der Waals surface area contributed by atoms with Crippen LogP contribution in [0.2, 0.25) is 10.0 Å². The summed E-state index contributed by atoms with van der Waals surface area (Å²) >= 11 is 12.4. The summed E-state index contributed by atoms with van der Waals surface area (Å²) in [6, 6.07) is 13.0. The molecule has 0 saturated heterocycles. The molecule has 1 amide bonds. The first kappa shape index (κ1) is 16.2. The summed E-state index contributed by atoms with van der Waals surface area (Å²) in [7, 11) is 0. The molecular formula is C18H18Cl2N2O. The first-order chi connectivity index (χ1) is 11.0. The van der Waals surface area contributed by atoms with Crippen LogP contribution in [0.4, 0.5) is 5.69 Å². The van der Waals surface area contributed by atoms with Crippen LogP contribution in [0.5, 0.6) is 0 Å². The number of rotatable bonds is 3. The molecule has 2 atom stereocenters. The molecule has 2 unspecified atom stereocenters. The summed E-state index contributed by atoms with van der Waals surface area (Å²) in [5.74, 6) is 0.0183. The van der Waals surface area contributed by atoms with Gasteiger partial charge in [0.25, 0.3) is 5.91 Å². The summed E-state index contributed by atoms with van der Waals surface area (Å²) < 4.78 is 0. The van der Waals surface area contributed by atoms with Crippen molar-refractivity contribution >= 4 is 34.8 Å². The van der Waals surface area contributed by atoms with Crippen molar-refractivity contribution in [3.05, 3.63) is 63.6 Å². The highest BCUT2D eigenvalue weighted by molar-refractivity contribution is 6.35. The Hall–Kier alpha value is -1.71. The molecular weight excluding hydrogens is 331 g/mol. The van der Waals surface area contributed by atoms with E-state index in [0.29, 0.717) is 15.6 Å². The number of nitrogens with one attached hydrogen (secondary N) is 1. The molecule has 120 valence electrons. The van der Waals surface area contributed by atoms with E-state index in [0.717, 1.165) is 17.7 Å². The molecule has 2 aromatic carbocycles. The predicted octanol–water partition coefficient (Wildman–Crippen LogP) is 5.36. The molecule has 0 spiro atoms. The molecule has 1 aliphatic heterocycles. The molecule has 1 N–H and O–H groups in total. The molecule has 0 fully saturated rings. The summed E-state index contributed by atoms with van der Waals surface area (Å²) in [6.45, 7) is 4.11. The average Bonchev–Trinajstić information content (AvgIpc) is 2.54. The standard InChI is InChI=1S/C18H18Cl2N2O/c1-3-11(2)22-17(13-9-8-12(19)10-15(13)20)21-16-7-5-4-6-14(16)18(22)23/h4-11,17,21H,3H2,1-2H3. The molecule has 0 bridgehead atoms. The number of halogens is 2. The Labute approximate surface area is 146 Å². The third-order valence-corrected chi connectivity index (χ3v) is 4.85. The van der Waals surface area contributed by atoms with Crippen molar-refractivity contribution in [1.82, 2.24) is 4.90 Å². The van der Waals surface area contributed by atoms with Crippen LogP contribution >= 0.6 is 23.2 Å². The van der Waals surface area contributed by atoms with Gasteiger partial charge in [-0.15, -0.1) is 0 Å². The summed E-state index contributed by atoms with van der Waals surface area (Å²) in [6.07, 6.45) is 0.550. The Morgan fingerprint density at radius 2 is 1.96 bits per heavy atom. The monoisotopic (exact) mass is 348 g/mol. The van der Waals surface area contributed by atoms with Gasteiger partial charge in [-0.2, -0.15) is 0 Å². The number of amides is 1. The molecule has 0 radical (unpaired) electrons. The lowest BCUT2D eigenvalue weighted by Crippen LogP contribution is -2.47. The van der Waals surface area contributed by atoms with E-state index in [1.54, 1.807) is 12.1 Å². The first-order valence-corrected chi connectivity index (χ1v) is 8.41. The number of carbonyl (C=O) groups excluding carboxylic acids is 1. The second-order valence-electron chi connectivity index (χ2n) is 5.73. The van der Waals surface area contributed by atoms with Crippen molar-refractivity contribution < 1.29 is 4.79 Å². The van der Waals surface area contributed by atoms with Crippen molar-refractivity contribution in [2.75, 3.05) is 5.32 Å². The third kappa shape index (κ3) is 2.91. The lowest BCUT2D eigenvalue weighted by Gasteiger charge is -2.41. The number of carbonyl (C=O) groups is 1. The highest BCUT2D eigenvalue weighted by atomic mass is 35.5. The molecule has 0 saturated carbocycles. The van der Waals surface area contributed by atoms with E-state index in [4.69, 9.17) is 23.2 Å². The van der Waals surface area contributed by atoms with Crippen LogP contribution in [0, 0.1) is 0 Å². The van der Waals surface area contributed by atoms with Gasteiger partial charge in [-0.25, -0.2) is 0 Å². The van der Waals surface area contributed by atoms with Gasteiger partial charge in [-0.3, -0.25) is 4.79 Å². The quantitative estimate of drug-likeness (QED) is 0.809. The normalized spacial score (nSPS) is 18.3.